The first kappa shape index (κ1) is 19.0. The summed E-state index contributed by atoms with van der Waals surface area (Å²) in [6.45, 7) is 2.69. The molecule has 0 atom stereocenters. The van der Waals surface area contributed by atoms with Gasteiger partial charge in [-0.2, -0.15) is 0 Å². The Bertz CT molecular complexity index is 687. The lowest BCUT2D eigenvalue weighted by molar-refractivity contribution is -0.274. The Morgan fingerprint density at radius 2 is 1.96 bits per heavy atom. The maximum absolute atomic E-state index is 12.1. The summed E-state index contributed by atoms with van der Waals surface area (Å²) in [5.41, 5.74) is 0.847. The number of carbonyl (C=O) groups excluding carboxylic acids is 1. The molecular weight excluding hydrogens is 355 g/mol. The molecule has 5 nitrogen and oxygen atoms in total. The predicted molar refractivity (Wildman–Crippen MR) is 90.4 cm³/mol. The van der Waals surface area contributed by atoms with Crippen LogP contribution in [0.25, 0.3) is 0 Å². The van der Waals surface area contributed by atoms with Crippen molar-refractivity contribution in [2.24, 2.45) is 0 Å². The van der Waals surface area contributed by atoms with Crippen molar-refractivity contribution < 1.29 is 22.7 Å². The van der Waals surface area contributed by atoms with E-state index in [1.165, 1.54) is 35.6 Å². The van der Waals surface area contributed by atoms with Gasteiger partial charge in [0, 0.05) is 17.6 Å². The Balaban J connectivity index is 1.89. The minimum atomic E-state index is -4.72. The Morgan fingerprint density at radius 3 is 2.60 bits per heavy atom. The number of carbonyl (C=O) groups is 1. The van der Waals surface area contributed by atoms with Crippen molar-refractivity contribution in [3.8, 4) is 5.75 Å². The molecule has 0 aliphatic carbocycles. The molecule has 0 radical (unpaired) electrons. The van der Waals surface area contributed by atoms with Crippen LogP contribution in [-0.4, -0.2) is 23.8 Å². The zero-order chi connectivity index (χ0) is 18.3. The number of nitrogens with zero attached hydrogens (tertiary/aromatic N) is 1. The van der Waals surface area contributed by atoms with Crippen LogP contribution >= 0.6 is 11.3 Å². The molecule has 9 heteroatoms. The van der Waals surface area contributed by atoms with Gasteiger partial charge in [-0.3, -0.25) is 4.79 Å². The Labute approximate surface area is 147 Å². The van der Waals surface area contributed by atoms with E-state index in [-0.39, 0.29) is 11.7 Å². The SMILES string of the molecule is CCCCCNC(=O)c1csc(Nc2ccc(OC(F)(F)F)cc2)n1. The van der Waals surface area contributed by atoms with Gasteiger partial charge in [0.1, 0.15) is 11.4 Å². The van der Waals surface area contributed by atoms with E-state index in [1.807, 2.05) is 0 Å². The summed E-state index contributed by atoms with van der Waals surface area (Å²) < 4.78 is 40.1. The molecule has 2 aromatic rings. The van der Waals surface area contributed by atoms with E-state index in [2.05, 4.69) is 27.3 Å². The number of anilines is 2. The minimum Gasteiger partial charge on any atom is -0.406 e. The third-order valence-corrected chi connectivity index (χ3v) is 3.90. The molecule has 1 aromatic heterocycles. The van der Waals surface area contributed by atoms with Gasteiger partial charge in [0.05, 0.1) is 0 Å². The Morgan fingerprint density at radius 1 is 1.24 bits per heavy atom. The van der Waals surface area contributed by atoms with E-state index in [0.717, 1.165) is 19.3 Å². The topological polar surface area (TPSA) is 63.2 Å². The zero-order valence-electron chi connectivity index (χ0n) is 13.5. The monoisotopic (exact) mass is 373 g/mol. The van der Waals surface area contributed by atoms with Gasteiger partial charge < -0.3 is 15.4 Å². The summed E-state index contributed by atoms with van der Waals surface area (Å²) in [6.07, 6.45) is -1.67. The molecule has 0 saturated carbocycles. The molecule has 136 valence electrons. The van der Waals surface area contributed by atoms with Crippen molar-refractivity contribution in [2.45, 2.75) is 32.5 Å². The fourth-order valence-electron chi connectivity index (χ4n) is 1.97. The first-order valence-electron chi connectivity index (χ1n) is 7.74. The van der Waals surface area contributed by atoms with Gasteiger partial charge in [-0.1, -0.05) is 19.8 Å². The smallest absolute Gasteiger partial charge is 0.406 e. The molecule has 1 amide bonds. The number of alkyl halides is 3. The fraction of sp³-hybridized carbons (Fsp3) is 0.375. The zero-order valence-corrected chi connectivity index (χ0v) is 14.3. The second-order valence-electron chi connectivity index (χ2n) is 5.20. The van der Waals surface area contributed by atoms with Crippen LogP contribution < -0.4 is 15.4 Å². The molecule has 2 N–H and O–H groups in total. The van der Waals surface area contributed by atoms with E-state index in [4.69, 9.17) is 0 Å². The van der Waals surface area contributed by atoms with Gasteiger partial charge in [0.25, 0.3) is 5.91 Å². The predicted octanol–water partition coefficient (Wildman–Crippen LogP) is 4.71. The third-order valence-electron chi connectivity index (χ3n) is 3.14. The molecule has 0 bridgehead atoms. The Hall–Kier alpha value is -2.29. The number of halogens is 3. The number of hydrogen-bond acceptors (Lipinski definition) is 5. The number of amides is 1. The number of thiazole rings is 1. The lowest BCUT2D eigenvalue weighted by Crippen LogP contribution is -2.24. The summed E-state index contributed by atoms with van der Waals surface area (Å²) in [7, 11) is 0. The van der Waals surface area contributed by atoms with Crippen LogP contribution in [0.2, 0.25) is 0 Å². The highest BCUT2D eigenvalue weighted by Gasteiger charge is 2.30. The van der Waals surface area contributed by atoms with Crippen LogP contribution in [0.3, 0.4) is 0 Å². The number of ether oxygens (including phenoxy) is 1. The van der Waals surface area contributed by atoms with E-state index < -0.39 is 6.36 Å². The first-order valence-corrected chi connectivity index (χ1v) is 8.62. The molecule has 0 fully saturated rings. The standard InChI is InChI=1S/C16H18F3N3O2S/c1-2-3-4-9-20-14(23)13-10-25-15(22-13)21-11-5-7-12(8-6-11)24-16(17,18)19/h5-8,10H,2-4,9H2,1H3,(H,20,23)(H,21,22). The average Bonchev–Trinajstić information content (AvgIpc) is 3.00. The molecule has 0 saturated heterocycles. The third kappa shape index (κ3) is 6.61. The molecular formula is C16H18F3N3O2S. The maximum Gasteiger partial charge on any atom is 0.573 e. The van der Waals surface area contributed by atoms with Crippen molar-refractivity contribution in [1.82, 2.24) is 10.3 Å². The van der Waals surface area contributed by atoms with Crippen LogP contribution in [0.5, 0.6) is 5.75 Å². The van der Waals surface area contributed by atoms with E-state index in [1.54, 1.807) is 5.38 Å². The van der Waals surface area contributed by atoms with Crippen LogP contribution in [0.1, 0.15) is 36.7 Å². The quantitative estimate of drug-likeness (QED) is 0.658. The van der Waals surface area contributed by atoms with Crippen molar-refractivity contribution in [1.29, 1.82) is 0 Å². The summed E-state index contributed by atoms with van der Waals surface area (Å²) in [4.78, 5) is 16.1. The minimum absolute atomic E-state index is 0.241. The number of hydrogen-bond donors (Lipinski definition) is 2. The lowest BCUT2D eigenvalue weighted by Gasteiger charge is -2.09. The molecule has 1 aromatic carbocycles. The largest absolute Gasteiger partial charge is 0.573 e. The van der Waals surface area contributed by atoms with Gasteiger partial charge in [-0.15, -0.1) is 24.5 Å². The van der Waals surface area contributed by atoms with Gasteiger partial charge >= 0.3 is 6.36 Å². The number of nitrogens with one attached hydrogen (secondary N) is 2. The van der Waals surface area contributed by atoms with Crippen molar-refractivity contribution in [3.63, 3.8) is 0 Å². The molecule has 0 aliphatic heterocycles. The second kappa shape index (κ2) is 8.70. The van der Waals surface area contributed by atoms with E-state index in [9.17, 15) is 18.0 Å². The molecule has 25 heavy (non-hydrogen) atoms. The van der Waals surface area contributed by atoms with Gasteiger partial charge in [-0.05, 0) is 30.7 Å². The summed E-state index contributed by atoms with van der Waals surface area (Å²) in [5.74, 6) is -0.543. The number of unbranched alkanes of at least 4 members (excludes halogenated alkanes) is 2. The van der Waals surface area contributed by atoms with E-state index in [0.29, 0.717) is 23.1 Å². The fourth-order valence-corrected chi connectivity index (χ4v) is 2.68. The second-order valence-corrected chi connectivity index (χ2v) is 6.06. The highest BCUT2D eigenvalue weighted by atomic mass is 32.1. The van der Waals surface area contributed by atoms with Crippen molar-refractivity contribution in [2.75, 3.05) is 11.9 Å². The van der Waals surface area contributed by atoms with Gasteiger partial charge in [0.2, 0.25) is 0 Å². The summed E-state index contributed by atoms with van der Waals surface area (Å²) >= 11 is 1.24. The van der Waals surface area contributed by atoms with Crippen LogP contribution in [-0.2, 0) is 0 Å². The normalized spacial score (nSPS) is 11.2. The highest BCUT2D eigenvalue weighted by molar-refractivity contribution is 7.14. The molecule has 0 spiro atoms. The number of aromatic nitrogens is 1. The van der Waals surface area contributed by atoms with Crippen molar-refractivity contribution in [3.05, 3.63) is 35.3 Å². The number of benzene rings is 1. The van der Waals surface area contributed by atoms with E-state index >= 15 is 0 Å². The number of rotatable bonds is 8. The highest BCUT2D eigenvalue weighted by Crippen LogP contribution is 2.26. The lowest BCUT2D eigenvalue weighted by atomic mass is 10.2. The molecule has 0 unspecified atom stereocenters. The first-order chi connectivity index (χ1) is 11.9. The summed E-state index contributed by atoms with van der Waals surface area (Å²) in [5, 5.41) is 7.83. The molecule has 0 aliphatic rings. The van der Waals surface area contributed by atoms with Crippen molar-refractivity contribution >= 4 is 28.1 Å². The summed E-state index contributed by atoms with van der Waals surface area (Å²) in [6, 6.07) is 5.27. The molecule has 1 heterocycles. The molecule has 2 rings (SSSR count). The Kier molecular flexibility index (Phi) is 6.63. The van der Waals surface area contributed by atoms with Gasteiger partial charge in [0.15, 0.2) is 5.13 Å². The average molecular weight is 373 g/mol. The van der Waals surface area contributed by atoms with Crippen LogP contribution in [0.15, 0.2) is 29.6 Å². The van der Waals surface area contributed by atoms with Crippen LogP contribution in [0.4, 0.5) is 24.0 Å². The van der Waals surface area contributed by atoms with Gasteiger partial charge in [-0.25, -0.2) is 4.98 Å². The maximum atomic E-state index is 12.1. The van der Waals surface area contributed by atoms with Crippen LogP contribution in [0, 0.1) is 0 Å².